The maximum Gasteiger partial charge on any atom is 0.408 e. The minimum atomic E-state index is -2.89. The number of hydrogen-bond acceptors (Lipinski definition) is 9. The van der Waals surface area contributed by atoms with Crippen LogP contribution in [-0.2, 0) is 33.5 Å². The monoisotopic (exact) mass is 897 g/mol. The van der Waals surface area contributed by atoms with Crippen molar-refractivity contribution >= 4 is 41.4 Å². The van der Waals surface area contributed by atoms with Crippen molar-refractivity contribution in [1.82, 2.24) is 31.1 Å². The Labute approximate surface area is 374 Å². The van der Waals surface area contributed by atoms with Gasteiger partial charge in [-0.05, 0) is 77.2 Å². The van der Waals surface area contributed by atoms with E-state index < -0.39 is 109 Å². The average Bonchev–Trinajstić information content (AvgIpc) is 3.65. The van der Waals surface area contributed by atoms with Gasteiger partial charge in [0.05, 0.1) is 24.3 Å². The van der Waals surface area contributed by atoms with Crippen LogP contribution in [0, 0.1) is 11.8 Å². The zero-order chi connectivity index (χ0) is 48.4. The van der Waals surface area contributed by atoms with Gasteiger partial charge in [-0.2, -0.15) is 0 Å². The fourth-order valence-electron chi connectivity index (χ4n) is 7.34. The predicted octanol–water partition coefficient (Wildman–Crippen LogP) is 6.08. The third-order valence-electron chi connectivity index (χ3n) is 9.91. The summed E-state index contributed by atoms with van der Waals surface area (Å²) in [7, 11) is 3.00. The molecule has 6 amide bonds. The van der Waals surface area contributed by atoms with Gasteiger partial charge in [0.25, 0.3) is 5.91 Å². The number of amides is 6. The van der Waals surface area contributed by atoms with Gasteiger partial charge in [-0.15, -0.1) is 0 Å². The lowest BCUT2D eigenvalue weighted by atomic mass is 9.83. The molecule has 5 atom stereocenters. The normalized spacial score (nSPS) is 17.4. The van der Waals surface area contributed by atoms with E-state index in [2.05, 4.69) is 35.1 Å². The van der Waals surface area contributed by atoms with E-state index in [9.17, 15) is 47.4 Å². The first-order chi connectivity index (χ1) is 29.7. The molecule has 2 fully saturated rings. The van der Waals surface area contributed by atoms with Crippen LogP contribution in [0.25, 0.3) is 0 Å². The van der Waals surface area contributed by atoms with E-state index in [1.54, 1.807) is 44.2 Å². The number of nitrogens with one attached hydrogen (secondary N) is 4. The van der Waals surface area contributed by atoms with Gasteiger partial charge in [0.2, 0.25) is 35.8 Å². The topological polar surface area (TPSA) is 204 Å². The molecule has 1 aliphatic carbocycles. The predicted molar refractivity (Wildman–Crippen MR) is 240 cm³/mol. The first-order valence-corrected chi connectivity index (χ1v) is 22.7. The minimum absolute atomic E-state index is 0.0529. The molecule has 1 heterocycles. The van der Waals surface area contributed by atoms with Crippen LogP contribution in [0.15, 0.2) is 30.3 Å². The molecule has 4 unspecified atom stereocenters. The lowest BCUT2D eigenvalue weighted by Crippen LogP contribution is -2.59. The van der Waals surface area contributed by atoms with E-state index >= 15 is 0 Å². The summed E-state index contributed by atoms with van der Waals surface area (Å²) in [6.07, 6.45) is -0.154. The Hall–Kier alpha value is -4.67. The molecule has 17 heteroatoms. The molecule has 1 aliphatic heterocycles. The van der Waals surface area contributed by atoms with E-state index in [-0.39, 0.29) is 25.3 Å². The van der Waals surface area contributed by atoms with Crippen molar-refractivity contribution < 1.29 is 52.2 Å². The summed E-state index contributed by atoms with van der Waals surface area (Å²) < 4.78 is 32.2. The Morgan fingerprint density at radius 3 is 1.95 bits per heavy atom. The molecule has 1 saturated carbocycles. The molecule has 0 bridgehead atoms. The maximum absolute atomic E-state index is 14.4. The van der Waals surface area contributed by atoms with Crippen molar-refractivity contribution in [1.29, 1.82) is 0 Å². The summed E-state index contributed by atoms with van der Waals surface area (Å²) in [6, 6.07) is 3.14. The Morgan fingerprint density at radius 1 is 0.873 bits per heavy atom. The van der Waals surface area contributed by atoms with Gasteiger partial charge in [-0.3, -0.25) is 28.8 Å². The average molecular weight is 897 g/mol. The van der Waals surface area contributed by atoms with Crippen LogP contribution in [-0.4, -0.2) is 120 Å². The number of aliphatic hydroxyl groups is 1. The smallest absolute Gasteiger partial charge is 0.408 e. The largest absolute Gasteiger partial charge is 0.447 e. The number of alkyl carbamates (subject to hydrolysis) is 1. The molecule has 0 radical (unpaired) electrons. The van der Waals surface area contributed by atoms with Crippen LogP contribution in [0.1, 0.15) is 145 Å². The van der Waals surface area contributed by atoms with Crippen molar-refractivity contribution in [2.75, 3.05) is 27.2 Å². The number of alkyl halides is 2. The van der Waals surface area contributed by atoms with E-state index in [1.165, 1.54) is 44.2 Å². The van der Waals surface area contributed by atoms with Crippen LogP contribution in [0.2, 0.25) is 0 Å². The SMILES string of the molecule is CC.CC.CC(C)OC(=O)NC(C(=O)N1CC[C@H](CC(C)(C)O)C1C(=O)NC(CCC(F)F)C(=O)C(=O)NCC(=O)NC(C(=O)N(C)C)c1ccccc1)C1CCCCC1.CCC. The highest BCUT2D eigenvalue weighted by Gasteiger charge is 2.47. The lowest BCUT2D eigenvalue weighted by molar-refractivity contribution is -0.144. The number of Topliss-reactive ketones (excluding diaryl/α,β-unsaturated/α-hetero) is 1. The molecule has 0 aromatic heterocycles. The number of carbonyl (C=O) groups is 7. The van der Waals surface area contributed by atoms with Crippen molar-refractivity contribution in [3.63, 3.8) is 0 Å². The van der Waals surface area contributed by atoms with E-state index in [0.29, 0.717) is 18.4 Å². The van der Waals surface area contributed by atoms with E-state index in [0.717, 1.165) is 19.3 Å². The molecular formula is C46H78F2N6O9. The Morgan fingerprint density at radius 2 is 1.44 bits per heavy atom. The van der Waals surface area contributed by atoms with Gasteiger partial charge in [0.1, 0.15) is 18.1 Å². The van der Waals surface area contributed by atoms with Crippen molar-refractivity contribution in [3.8, 4) is 0 Å². The Bertz CT molecular complexity index is 1550. The summed E-state index contributed by atoms with van der Waals surface area (Å²) in [6.45, 7) is 18.0. The summed E-state index contributed by atoms with van der Waals surface area (Å²) >= 11 is 0. The molecule has 1 saturated heterocycles. The quantitative estimate of drug-likeness (QED) is 0.108. The third kappa shape index (κ3) is 21.0. The Kier molecular flexibility index (Phi) is 28.2. The number of halogens is 2. The second-order valence-corrected chi connectivity index (χ2v) is 16.4. The number of benzene rings is 1. The number of ether oxygens (including phenoxy) is 1. The molecule has 2 aliphatic rings. The van der Waals surface area contributed by atoms with Crippen LogP contribution in [0.3, 0.4) is 0 Å². The zero-order valence-electron chi connectivity index (χ0n) is 39.9. The van der Waals surface area contributed by atoms with Gasteiger partial charge in [-0.1, -0.05) is 97.6 Å². The molecule has 15 nitrogen and oxygen atoms in total. The van der Waals surface area contributed by atoms with Gasteiger partial charge in [0.15, 0.2) is 0 Å². The molecule has 5 N–H and O–H groups in total. The molecule has 360 valence electrons. The van der Waals surface area contributed by atoms with Crippen LogP contribution < -0.4 is 21.3 Å². The third-order valence-corrected chi connectivity index (χ3v) is 9.91. The number of hydrogen-bond donors (Lipinski definition) is 5. The number of nitrogens with zero attached hydrogens (tertiary/aromatic N) is 2. The second kappa shape index (κ2) is 30.4. The Balaban J connectivity index is 0.00000518. The van der Waals surface area contributed by atoms with E-state index in [1.807, 2.05) is 27.7 Å². The molecule has 1 aromatic rings. The van der Waals surface area contributed by atoms with E-state index in [4.69, 9.17) is 4.74 Å². The number of likely N-dealkylation sites (N-methyl/N-ethyl adjacent to an activating group) is 1. The van der Waals surface area contributed by atoms with Crippen LogP contribution >= 0.6 is 0 Å². The first-order valence-electron chi connectivity index (χ1n) is 22.7. The molecule has 0 spiro atoms. The second-order valence-electron chi connectivity index (χ2n) is 16.4. The van der Waals surface area contributed by atoms with Crippen molar-refractivity contribution in [2.24, 2.45) is 11.8 Å². The number of carbonyl (C=O) groups excluding carboxylic acids is 7. The molecule has 3 rings (SSSR count). The highest BCUT2D eigenvalue weighted by atomic mass is 19.3. The fraction of sp³-hybridized carbons (Fsp3) is 0.717. The van der Waals surface area contributed by atoms with Gasteiger partial charge < -0.3 is 40.9 Å². The van der Waals surface area contributed by atoms with Gasteiger partial charge in [-0.25, -0.2) is 13.6 Å². The van der Waals surface area contributed by atoms with Crippen LogP contribution in [0.4, 0.5) is 13.6 Å². The van der Waals surface area contributed by atoms with Gasteiger partial charge in [0, 0.05) is 27.1 Å². The summed E-state index contributed by atoms with van der Waals surface area (Å²) in [5.74, 6) is -6.27. The molecular weight excluding hydrogens is 819 g/mol. The minimum Gasteiger partial charge on any atom is -0.447 e. The van der Waals surface area contributed by atoms with Crippen molar-refractivity contribution in [3.05, 3.63) is 35.9 Å². The van der Waals surface area contributed by atoms with Crippen molar-refractivity contribution in [2.45, 2.75) is 176 Å². The fourth-order valence-corrected chi connectivity index (χ4v) is 7.34. The summed E-state index contributed by atoms with van der Waals surface area (Å²) in [5.41, 5.74) is -0.817. The lowest BCUT2D eigenvalue weighted by Gasteiger charge is -2.36. The highest BCUT2D eigenvalue weighted by molar-refractivity contribution is 6.38. The van der Waals surface area contributed by atoms with Crippen LogP contribution in [0.5, 0.6) is 0 Å². The maximum atomic E-state index is 14.4. The standard InChI is InChI=1S/C39H58F2N6O9.C3H8.2C2H6/c1-23(2)56-38(54)45-31(25-15-11-8-12-16-25)37(53)47-20-19-26(21-39(3,4)55)32(47)34(50)43-27(17-18-28(40)41)33(49)35(51)42-22-29(48)44-30(36(52)46(5)6)24-13-9-7-10-14-24;1-3-2;2*1-2/h7,9-10,13-14,23,25-28,30-32,55H,8,11-12,15-22H2,1-6H3,(H,42,51)(H,43,50)(H,44,48)(H,45,54);3H2,1-2H3;2*1-2H3/t26-,27?,30?,31?,32?;;;/m1.../s1. The van der Waals surface area contributed by atoms with Gasteiger partial charge >= 0.3 is 6.09 Å². The number of likely N-dealkylation sites (tertiary alicyclic amines) is 1. The molecule has 63 heavy (non-hydrogen) atoms. The summed E-state index contributed by atoms with van der Waals surface area (Å²) in [4.78, 5) is 96.1. The highest BCUT2D eigenvalue weighted by Crippen LogP contribution is 2.35. The number of rotatable bonds is 18. The molecule has 1 aromatic carbocycles. The number of ketones is 1. The first kappa shape index (κ1) is 58.3. The zero-order valence-corrected chi connectivity index (χ0v) is 39.9. The summed E-state index contributed by atoms with van der Waals surface area (Å²) in [5, 5.41) is 20.5.